The highest BCUT2D eigenvalue weighted by Crippen LogP contribution is 2.15. The zero-order chi connectivity index (χ0) is 13.8. The maximum absolute atomic E-state index is 11.9. The number of carboxylic acid groups (broad SMARTS) is 1. The van der Waals surface area contributed by atoms with Crippen molar-refractivity contribution in [2.24, 2.45) is 0 Å². The van der Waals surface area contributed by atoms with Gasteiger partial charge in [-0.05, 0) is 19.1 Å². The van der Waals surface area contributed by atoms with E-state index in [2.05, 4.69) is 15.3 Å². The van der Waals surface area contributed by atoms with Gasteiger partial charge in [-0.1, -0.05) is 0 Å². The number of amides is 1. The second kappa shape index (κ2) is 5.57. The van der Waals surface area contributed by atoms with Crippen molar-refractivity contribution in [3.8, 4) is 0 Å². The van der Waals surface area contributed by atoms with Gasteiger partial charge in [0.15, 0.2) is 0 Å². The second-order valence-corrected chi connectivity index (χ2v) is 4.73. The van der Waals surface area contributed by atoms with Crippen LogP contribution < -0.4 is 5.32 Å². The number of carboxylic acids is 1. The number of thiazole rings is 1. The molecule has 0 saturated heterocycles. The average molecular weight is 277 g/mol. The Morgan fingerprint density at radius 2 is 2.16 bits per heavy atom. The van der Waals surface area contributed by atoms with E-state index in [1.807, 2.05) is 12.3 Å². The number of pyridine rings is 1. The van der Waals surface area contributed by atoms with Gasteiger partial charge in [0.1, 0.15) is 10.7 Å². The largest absolute Gasteiger partial charge is 0.477 e. The third kappa shape index (κ3) is 3.14. The van der Waals surface area contributed by atoms with E-state index in [0.717, 1.165) is 5.01 Å². The Kier molecular flexibility index (Phi) is 3.86. The van der Waals surface area contributed by atoms with E-state index in [0.29, 0.717) is 5.56 Å². The number of aromatic carboxylic acids is 1. The van der Waals surface area contributed by atoms with Crippen LogP contribution in [0.4, 0.5) is 0 Å². The Morgan fingerprint density at radius 1 is 1.37 bits per heavy atom. The minimum absolute atomic E-state index is 0.0930. The molecule has 1 atom stereocenters. The van der Waals surface area contributed by atoms with Gasteiger partial charge in [0.2, 0.25) is 0 Å². The summed E-state index contributed by atoms with van der Waals surface area (Å²) in [7, 11) is 0. The van der Waals surface area contributed by atoms with E-state index in [9.17, 15) is 9.59 Å². The van der Waals surface area contributed by atoms with E-state index < -0.39 is 5.97 Å². The van der Waals surface area contributed by atoms with E-state index >= 15 is 0 Å². The van der Waals surface area contributed by atoms with E-state index in [4.69, 9.17) is 5.11 Å². The fraction of sp³-hybridized carbons (Fsp3) is 0.167. The number of rotatable bonds is 4. The number of nitrogens with zero attached hydrogens (tertiary/aromatic N) is 2. The van der Waals surface area contributed by atoms with Crippen molar-refractivity contribution in [1.29, 1.82) is 0 Å². The minimum atomic E-state index is -1.12. The van der Waals surface area contributed by atoms with Crippen LogP contribution in [-0.2, 0) is 0 Å². The first-order valence-electron chi connectivity index (χ1n) is 5.47. The van der Waals surface area contributed by atoms with Gasteiger partial charge in [-0.3, -0.25) is 4.79 Å². The van der Waals surface area contributed by atoms with Crippen LogP contribution in [0.25, 0.3) is 0 Å². The van der Waals surface area contributed by atoms with E-state index in [1.165, 1.54) is 29.7 Å². The molecule has 19 heavy (non-hydrogen) atoms. The summed E-state index contributed by atoms with van der Waals surface area (Å²) in [6, 6.07) is 2.53. The van der Waals surface area contributed by atoms with Gasteiger partial charge in [0.25, 0.3) is 5.91 Å². The molecule has 0 spiro atoms. The standard InChI is InChI=1S/C12H11N3O3S/c1-7(11-13-4-5-19-11)15-10(16)8-2-3-9(12(17)18)14-6-8/h2-7H,1H3,(H,15,16)(H,17,18). The lowest BCUT2D eigenvalue weighted by Gasteiger charge is -2.10. The summed E-state index contributed by atoms with van der Waals surface area (Å²) < 4.78 is 0. The Bertz CT molecular complexity index is 581. The van der Waals surface area contributed by atoms with Crippen molar-refractivity contribution >= 4 is 23.2 Å². The number of hydrogen-bond acceptors (Lipinski definition) is 5. The van der Waals surface area contributed by atoms with Gasteiger partial charge < -0.3 is 10.4 Å². The molecule has 2 aromatic heterocycles. The van der Waals surface area contributed by atoms with Crippen molar-refractivity contribution in [1.82, 2.24) is 15.3 Å². The zero-order valence-corrected chi connectivity index (χ0v) is 10.8. The summed E-state index contributed by atoms with van der Waals surface area (Å²) in [5.41, 5.74) is 0.220. The van der Waals surface area contributed by atoms with Crippen LogP contribution in [0.3, 0.4) is 0 Å². The van der Waals surface area contributed by atoms with Crippen molar-refractivity contribution in [2.75, 3.05) is 0 Å². The first kappa shape index (κ1) is 13.2. The maximum Gasteiger partial charge on any atom is 0.354 e. The molecule has 2 aromatic rings. The van der Waals surface area contributed by atoms with Crippen LogP contribution in [0, 0.1) is 0 Å². The molecule has 0 aromatic carbocycles. The van der Waals surface area contributed by atoms with E-state index in [1.54, 1.807) is 6.20 Å². The molecule has 1 amide bonds. The first-order chi connectivity index (χ1) is 9.08. The van der Waals surface area contributed by atoms with Crippen molar-refractivity contribution in [2.45, 2.75) is 13.0 Å². The van der Waals surface area contributed by atoms with Gasteiger partial charge in [0.05, 0.1) is 11.6 Å². The van der Waals surface area contributed by atoms with Crippen molar-refractivity contribution < 1.29 is 14.7 Å². The molecule has 2 rings (SSSR count). The quantitative estimate of drug-likeness (QED) is 0.887. The molecule has 0 aliphatic heterocycles. The third-order valence-corrected chi connectivity index (χ3v) is 3.37. The smallest absolute Gasteiger partial charge is 0.354 e. The molecule has 1 unspecified atom stereocenters. The molecular weight excluding hydrogens is 266 g/mol. The van der Waals surface area contributed by atoms with Gasteiger partial charge in [0, 0.05) is 17.8 Å². The lowest BCUT2D eigenvalue weighted by atomic mass is 10.2. The molecule has 98 valence electrons. The van der Waals surface area contributed by atoms with Crippen molar-refractivity contribution in [3.63, 3.8) is 0 Å². The third-order valence-electron chi connectivity index (χ3n) is 2.41. The molecule has 0 fully saturated rings. The predicted molar refractivity (Wildman–Crippen MR) is 69.2 cm³/mol. The van der Waals surface area contributed by atoms with Crippen LogP contribution in [0.5, 0.6) is 0 Å². The SMILES string of the molecule is CC(NC(=O)c1ccc(C(=O)O)nc1)c1nccs1. The lowest BCUT2D eigenvalue weighted by Crippen LogP contribution is -2.26. The molecular formula is C12H11N3O3S. The molecule has 0 aliphatic carbocycles. The number of hydrogen-bond donors (Lipinski definition) is 2. The fourth-order valence-corrected chi connectivity index (χ4v) is 2.09. The summed E-state index contributed by atoms with van der Waals surface area (Å²) in [4.78, 5) is 30.4. The van der Waals surface area contributed by atoms with Crippen molar-refractivity contribution in [3.05, 3.63) is 46.2 Å². The van der Waals surface area contributed by atoms with E-state index in [-0.39, 0.29) is 17.6 Å². The first-order valence-corrected chi connectivity index (χ1v) is 6.35. The molecule has 0 radical (unpaired) electrons. The average Bonchev–Trinajstić information content (AvgIpc) is 2.92. The molecule has 0 saturated carbocycles. The van der Waals surface area contributed by atoms with Gasteiger partial charge in [-0.15, -0.1) is 11.3 Å². The molecule has 6 nitrogen and oxygen atoms in total. The summed E-state index contributed by atoms with van der Waals surface area (Å²) in [5, 5.41) is 14.1. The minimum Gasteiger partial charge on any atom is -0.477 e. The monoisotopic (exact) mass is 277 g/mol. The molecule has 7 heteroatoms. The highest BCUT2D eigenvalue weighted by Gasteiger charge is 2.14. The Morgan fingerprint density at radius 3 is 2.68 bits per heavy atom. The summed E-state index contributed by atoms with van der Waals surface area (Å²) in [6.07, 6.45) is 2.92. The maximum atomic E-state index is 11.9. The number of aromatic nitrogens is 2. The second-order valence-electron chi connectivity index (χ2n) is 3.80. The number of carbonyl (C=O) groups is 2. The molecule has 2 N–H and O–H groups in total. The van der Waals surface area contributed by atoms with Gasteiger partial charge >= 0.3 is 5.97 Å². The summed E-state index contributed by atoms with van der Waals surface area (Å²) in [6.45, 7) is 1.83. The molecule has 0 bridgehead atoms. The van der Waals surface area contributed by atoms with Crippen LogP contribution >= 0.6 is 11.3 Å². The summed E-state index contributed by atoms with van der Waals surface area (Å²) in [5.74, 6) is -1.43. The van der Waals surface area contributed by atoms with Crippen LogP contribution in [0.2, 0.25) is 0 Å². The lowest BCUT2D eigenvalue weighted by molar-refractivity contribution is 0.0689. The molecule has 0 aliphatic rings. The van der Waals surface area contributed by atoms with Crippen LogP contribution in [-0.4, -0.2) is 27.0 Å². The van der Waals surface area contributed by atoms with Crippen LogP contribution in [0.15, 0.2) is 29.9 Å². The predicted octanol–water partition coefficient (Wildman–Crippen LogP) is 1.73. The Hall–Kier alpha value is -2.28. The number of nitrogens with one attached hydrogen (secondary N) is 1. The normalized spacial score (nSPS) is 11.8. The highest BCUT2D eigenvalue weighted by molar-refractivity contribution is 7.09. The Labute approximate surface area is 113 Å². The summed E-state index contributed by atoms with van der Waals surface area (Å²) >= 11 is 1.46. The topological polar surface area (TPSA) is 92.2 Å². The number of carbonyl (C=O) groups excluding carboxylic acids is 1. The zero-order valence-electron chi connectivity index (χ0n) is 10.0. The highest BCUT2D eigenvalue weighted by atomic mass is 32.1. The fourth-order valence-electron chi connectivity index (χ4n) is 1.44. The van der Waals surface area contributed by atoms with Gasteiger partial charge in [-0.25, -0.2) is 14.8 Å². The molecule has 2 heterocycles. The van der Waals surface area contributed by atoms with Gasteiger partial charge in [-0.2, -0.15) is 0 Å². The Balaban J connectivity index is 2.05. The van der Waals surface area contributed by atoms with Crippen LogP contribution in [0.1, 0.15) is 38.8 Å².